The molecule has 0 amide bonds. The van der Waals surface area contributed by atoms with Crippen molar-refractivity contribution >= 4 is 5.69 Å². The third kappa shape index (κ3) is 3.61. The Morgan fingerprint density at radius 3 is 2.30 bits per heavy atom. The van der Waals surface area contributed by atoms with Gasteiger partial charge in [-0.3, -0.25) is 0 Å². The van der Waals surface area contributed by atoms with Crippen LogP contribution in [0.4, 0.5) is 5.69 Å². The minimum Gasteiger partial charge on any atom is -0.378 e. The highest BCUT2D eigenvalue weighted by Crippen LogP contribution is 2.25. The highest BCUT2D eigenvalue weighted by molar-refractivity contribution is 5.49. The van der Waals surface area contributed by atoms with Crippen molar-refractivity contribution in [2.45, 2.75) is 19.4 Å². The molecule has 2 heteroatoms. The molecule has 0 aromatic heterocycles. The lowest BCUT2D eigenvalue weighted by atomic mass is 9.98. The topological polar surface area (TPSA) is 15.3 Å². The molecular formula is C18H24N2. The van der Waals surface area contributed by atoms with Crippen molar-refractivity contribution in [3.05, 3.63) is 65.7 Å². The van der Waals surface area contributed by atoms with Gasteiger partial charge in [0.25, 0.3) is 0 Å². The predicted molar refractivity (Wildman–Crippen MR) is 87.3 cm³/mol. The SMILES string of the molecule is CCCNC(c1ccccc1)c1cccc(N(C)C)c1. The zero-order chi connectivity index (χ0) is 14.4. The Balaban J connectivity index is 2.33. The Bertz CT molecular complexity index is 520. The molecule has 0 bridgehead atoms. The third-order valence-corrected chi connectivity index (χ3v) is 3.45. The van der Waals surface area contributed by atoms with E-state index >= 15 is 0 Å². The van der Waals surface area contributed by atoms with Crippen LogP contribution in [0.5, 0.6) is 0 Å². The average Bonchev–Trinajstić information content (AvgIpc) is 2.49. The molecule has 0 spiro atoms. The number of hydrogen-bond acceptors (Lipinski definition) is 2. The molecule has 0 aliphatic carbocycles. The summed E-state index contributed by atoms with van der Waals surface area (Å²) in [6, 6.07) is 19.7. The van der Waals surface area contributed by atoms with E-state index in [-0.39, 0.29) is 6.04 Å². The molecule has 2 aromatic carbocycles. The van der Waals surface area contributed by atoms with Crippen molar-refractivity contribution in [2.24, 2.45) is 0 Å². The van der Waals surface area contributed by atoms with E-state index in [1.54, 1.807) is 0 Å². The highest BCUT2D eigenvalue weighted by atomic mass is 15.1. The van der Waals surface area contributed by atoms with Gasteiger partial charge in [0.2, 0.25) is 0 Å². The van der Waals surface area contributed by atoms with Crippen LogP contribution in [-0.2, 0) is 0 Å². The first kappa shape index (κ1) is 14.6. The third-order valence-electron chi connectivity index (χ3n) is 3.45. The maximum Gasteiger partial charge on any atom is 0.0577 e. The fourth-order valence-electron chi connectivity index (χ4n) is 2.34. The fraction of sp³-hybridized carbons (Fsp3) is 0.333. The van der Waals surface area contributed by atoms with Crippen molar-refractivity contribution in [1.29, 1.82) is 0 Å². The lowest BCUT2D eigenvalue weighted by Crippen LogP contribution is -2.23. The number of benzene rings is 2. The zero-order valence-electron chi connectivity index (χ0n) is 12.6. The first-order chi connectivity index (χ1) is 9.72. The summed E-state index contributed by atoms with van der Waals surface area (Å²) >= 11 is 0. The average molecular weight is 268 g/mol. The van der Waals surface area contributed by atoms with E-state index in [1.807, 2.05) is 0 Å². The van der Waals surface area contributed by atoms with E-state index in [0.717, 1.165) is 13.0 Å². The molecule has 1 atom stereocenters. The Hall–Kier alpha value is -1.80. The second-order valence-corrected chi connectivity index (χ2v) is 5.29. The van der Waals surface area contributed by atoms with Gasteiger partial charge in [0.05, 0.1) is 6.04 Å². The maximum absolute atomic E-state index is 3.65. The van der Waals surface area contributed by atoms with Gasteiger partial charge in [-0.25, -0.2) is 0 Å². The minimum atomic E-state index is 0.260. The van der Waals surface area contributed by atoms with Gasteiger partial charge >= 0.3 is 0 Å². The molecule has 2 nitrogen and oxygen atoms in total. The van der Waals surface area contributed by atoms with Crippen LogP contribution in [0, 0.1) is 0 Å². The van der Waals surface area contributed by atoms with Crippen molar-refractivity contribution in [2.75, 3.05) is 25.5 Å². The van der Waals surface area contributed by atoms with Gasteiger partial charge in [0.15, 0.2) is 0 Å². The second kappa shape index (κ2) is 7.11. The molecule has 0 fully saturated rings. The number of anilines is 1. The largest absolute Gasteiger partial charge is 0.378 e. The molecular weight excluding hydrogens is 244 g/mol. The quantitative estimate of drug-likeness (QED) is 0.856. The molecule has 2 aromatic rings. The molecule has 106 valence electrons. The first-order valence-electron chi connectivity index (χ1n) is 7.28. The predicted octanol–water partition coefficient (Wildman–Crippen LogP) is 3.84. The molecule has 0 saturated heterocycles. The van der Waals surface area contributed by atoms with Gasteiger partial charge in [-0.2, -0.15) is 0 Å². The number of rotatable bonds is 6. The van der Waals surface area contributed by atoms with Gasteiger partial charge in [-0.1, -0.05) is 49.4 Å². The van der Waals surface area contributed by atoms with Crippen LogP contribution in [0.25, 0.3) is 0 Å². The summed E-state index contributed by atoms with van der Waals surface area (Å²) in [4.78, 5) is 2.14. The van der Waals surface area contributed by atoms with Crippen molar-refractivity contribution in [1.82, 2.24) is 5.32 Å². The van der Waals surface area contributed by atoms with Crippen molar-refractivity contribution in [3.63, 3.8) is 0 Å². The van der Waals surface area contributed by atoms with Crippen LogP contribution in [0.3, 0.4) is 0 Å². The van der Waals surface area contributed by atoms with Crippen molar-refractivity contribution < 1.29 is 0 Å². The summed E-state index contributed by atoms with van der Waals surface area (Å²) < 4.78 is 0. The maximum atomic E-state index is 3.65. The lowest BCUT2D eigenvalue weighted by Gasteiger charge is -2.22. The standard InChI is InChI=1S/C18H24N2/c1-4-13-19-18(15-9-6-5-7-10-15)16-11-8-12-17(14-16)20(2)3/h5-12,14,18-19H,4,13H2,1-3H3. The first-order valence-corrected chi connectivity index (χ1v) is 7.28. The second-order valence-electron chi connectivity index (χ2n) is 5.29. The number of nitrogens with one attached hydrogen (secondary N) is 1. The van der Waals surface area contributed by atoms with E-state index in [1.165, 1.54) is 16.8 Å². The summed E-state index contributed by atoms with van der Waals surface area (Å²) in [6.45, 7) is 3.22. The fourth-order valence-corrected chi connectivity index (χ4v) is 2.34. The van der Waals surface area contributed by atoms with Crippen LogP contribution in [0.2, 0.25) is 0 Å². The van der Waals surface area contributed by atoms with E-state index in [2.05, 4.69) is 85.8 Å². The van der Waals surface area contributed by atoms with E-state index in [9.17, 15) is 0 Å². The van der Waals surface area contributed by atoms with E-state index < -0.39 is 0 Å². The summed E-state index contributed by atoms with van der Waals surface area (Å²) in [5.74, 6) is 0. The Kier molecular flexibility index (Phi) is 5.19. The summed E-state index contributed by atoms with van der Waals surface area (Å²) in [5.41, 5.74) is 3.87. The normalized spacial score (nSPS) is 12.2. The molecule has 0 aliphatic heterocycles. The summed E-state index contributed by atoms with van der Waals surface area (Å²) in [6.07, 6.45) is 1.14. The van der Waals surface area contributed by atoms with Gasteiger partial charge in [-0.05, 0) is 36.2 Å². The molecule has 0 radical (unpaired) electrons. The lowest BCUT2D eigenvalue weighted by molar-refractivity contribution is 0.598. The molecule has 20 heavy (non-hydrogen) atoms. The number of nitrogens with zero attached hydrogens (tertiary/aromatic N) is 1. The monoisotopic (exact) mass is 268 g/mol. The zero-order valence-corrected chi connectivity index (χ0v) is 12.6. The minimum absolute atomic E-state index is 0.260. The van der Waals surface area contributed by atoms with E-state index in [4.69, 9.17) is 0 Å². The Morgan fingerprint density at radius 2 is 1.65 bits per heavy atom. The highest BCUT2D eigenvalue weighted by Gasteiger charge is 2.13. The molecule has 0 heterocycles. The molecule has 0 saturated carbocycles. The van der Waals surface area contributed by atoms with Crippen LogP contribution in [0.15, 0.2) is 54.6 Å². The summed E-state index contributed by atoms with van der Waals surface area (Å²) in [5, 5.41) is 3.65. The van der Waals surface area contributed by atoms with Crippen LogP contribution in [-0.4, -0.2) is 20.6 Å². The molecule has 1 unspecified atom stereocenters. The van der Waals surface area contributed by atoms with Crippen molar-refractivity contribution in [3.8, 4) is 0 Å². The smallest absolute Gasteiger partial charge is 0.0577 e. The Labute approximate surface area is 122 Å². The van der Waals surface area contributed by atoms with Gasteiger partial charge in [-0.15, -0.1) is 0 Å². The van der Waals surface area contributed by atoms with Gasteiger partial charge < -0.3 is 10.2 Å². The molecule has 0 aliphatic rings. The van der Waals surface area contributed by atoms with Gasteiger partial charge in [0, 0.05) is 19.8 Å². The van der Waals surface area contributed by atoms with E-state index in [0.29, 0.717) is 0 Å². The van der Waals surface area contributed by atoms with Gasteiger partial charge in [0.1, 0.15) is 0 Å². The molecule has 1 N–H and O–H groups in total. The molecule has 2 rings (SSSR count). The summed E-state index contributed by atoms with van der Waals surface area (Å²) in [7, 11) is 4.16. The van der Waals surface area contributed by atoms with Crippen LogP contribution >= 0.6 is 0 Å². The number of hydrogen-bond donors (Lipinski definition) is 1. The van der Waals surface area contributed by atoms with Crippen LogP contribution in [0.1, 0.15) is 30.5 Å². The Morgan fingerprint density at radius 1 is 0.950 bits per heavy atom. The van der Waals surface area contributed by atoms with Crippen LogP contribution < -0.4 is 10.2 Å².